The molecule has 182 valence electrons. The number of fused-ring (bicyclic) bond motifs is 1. The number of amides is 1. The maximum absolute atomic E-state index is 13.0. The first-order chi connectivity index (χ1) is 16.6. The van der Waals surface area contributed by atoms with Crippen molar-refractivity contribution >= 4 is 27.5 Å². The first kappa shape index (κ1) is 23.2. The Kier molecular flexibility index (Phi) is 5.71. The molecule has 1 aromatic heterocycles. The molecule has 1 amide bonds. The lowest BCUT2D eigenvalue weighted by Gasteiger charge is -2.33. The minimum absolute atomic E-state index is 0.105. The number of benzene rings is 2. The zero-order chi connectivity index (χ0) is 24.8. The fourth-order valence-electron chi connectivity index (χ4n) is 4.29. The van der Waals surface area contributed by atoms with Gasteiger partial charge in [0, 0.05) is 35.3 Å². The molecule has 0 radical (unpaired) electrons. The Morgan fingerprint density at radius 2 is 1.86 bits per heavy atom. The SMILES string of the molecule is CC(C)(C)c1nc(-c2ccc(NC(=O)C3CCCN(C4=NS(=O)(=O)c5ccccc54)C3)cc2)no1. The van der Waals surface area contributed by atoms with E-state index in [-0.39, 0.29) is 22.1 Å². The Labute approximate surface area is 204 Å². The second-order valence-corrected chi connectivity index (χ2v) is 11.5. The fraction of sp³-hybridized carbons (Fsp3) is 0.360. The molecule has 5 rings (SSSR count). The van der Waals surface area contributed by atoms with Crippen molar-refractivity contribution in [3.8, 4) is 11.4 Å². The van der Waals surface area contributed by atoms with Crippen LogP contribution in [0.1, 0.15) is 45.1 Å². The van der Waals surface area contributed by atoms with Gasteiger partial charge >= 0.3 is 0 Å². The summed E-state index contributed by atoms with van der Waals surface area (Å²) in [5, 5.41) is 7.03. The summed E-state index contributed by atoms with van der Waals surface area (Å²) in [6.07, 6.45) is 1.49. The summed E-state index contributed by atoms with van der Waals surface area (Å²) >= 11 is 0. The fourth-order valence-corrected chi connectivity index (χ4v) is 5.52. The molecule has 0 aliphatic carbocycles. The van der Waals surface area contributed by atoms with Crippen molar-refractivity contribution in [2.75, 3.05) is 18.4 Å². The van der Waals surface area contributed by atoms with Crippen LogP contribution >= 0.6 is 0 Å². The molecule has 1 N–H and O–H groups in total. The van der Waals surface area contributed by atoms with Crippen LogP contribution in [0.25, 0.3) is 11.4 Å². The first-order valence-corrected chi connectivity index (χ1v) is 13.0. The maximum atomic E-state index is 13.0. The number of likely N-dealkylation sites (tertiary alicyclic amines) is 1. The van der Waals surface area contributed by atoms with Crippen LogP contribution in [0.3, 0.4) is 0 Å². The summed E-state index contributed by atoms with van der Waals surface area (Å²) in [7, 11) is -3.70. The highest BCUT2D eigenvalue weighted by Crippen LogP contribution is 2.30. The van der Waals surface area contributed by atoms with Crippen LogP contribution < -0.4 is 5.32 Å². The summed E-state index contributed by atoms with van der Waals surface area (Å²) in [6, 6.07) is 14.1. The van der Waals surface area contributed by atoms with Crippen molar-refractivity contribution in [2.24, 2.45) is 10.3 Å². The third kappa shape index (κ3) is 4.58. The van der Waals surface area contributed by atoms with E-state index in [4.69, 9.17) is 4.52 Å². The van der Waals surface area contributed by atoms with Crippen LogP contribution in [0.4, 0.5) is 5.69 Å². The number of amidine groups is 1. The minimum Gasteiger partial charge on any atom is -0.355 e. The Hall–Kier alpha value is -3.53. The maximum Gasteiger partial charge on any atom is 0.285 e. The molecule has 9 nitrogen and oxygen atoms in total. The monoisotopic (exact) mass is 493 g/mol. The number of aromatic nitrogens is 2. The largest absolute Gasteiger partial charge is 0.355 e. The van der Waals surface area contributed by atoms with E-state index in [1.165, 1.54) is 0 Å². The zero-order valence-corrected chi connectivity index (χ0v) is 20.7. The topological polar surface area (TPSA) is 118 Å². The average Bonchev–Trinajstić information content (AvgIpc) is 3.44. The molecule has 0 saturated carbocycles. The molecule has 1 fully saturated rings. The zero-order valence-electron chi connectivity index (χ0n) is 19.9. The van der Waals surface area contributed by atoms with E-state index in [1.807, 2.05) is 49.9 Å². The molecule has 0 spiro atoms. The lowest BCUT2D eigenvalue weighted by Crippen LogP contribution is -2.43. The third-order valence-corrected chi connectivity index (χ3v) is 7.51. The van der Waals surface area contributed by atoms with Crippen LogP contribution in [-0.4, -0.2) is 48.3 Å². The van der Waals surface area contributed by atoms with Crippen LogP contribution in [0.2, 0.25) is 0 Å². The molecule has 2 aliphatic rings. The third-order valence-electron chi connectivity index (χ3n) is 6.18. The van der Waals surface area contributed by atoms with Crippen molar-refractivity contribution in [1.82, 2.24) is 15.0 Å². The van der Waals surface area contributed by atoms with Crippen LogP contribution in [0.5, 0.6) is 0 Å². The molecule has 1 saturated heterocycles. The molecule has 3 aromatic rings. The molecule has 10 heteroatoms. The van der Waals surface area contributed by atoms with Gasteiger partial charge in [0.15, 0.2) is 5.84 Å². The van der Waals surface area contributed by atoms with Crippen molar-refractivity contribution in [2.45, 2.75) is 43.9 Å². The van der Waals surface area contributed by atoms with Crippen LogP contribution in [0.15, 0.2) is 62.3 Å². The van der Waals surface area contributed by atoms with Crippen LogP contribution in [0, 0.1) is 5.92 Å². The highest BCUT2D eigenvalue weighted by molar-refractivity contribution is 7.90. The van der Waals surface area contributed by atoms with Gasteiger partial charge < -0.3 is 14.7 Å². The summed E-state index contributed by atoms with van der Waals surface area (Å²) < 4.78 is 34.2. The predicted molar refractivity (Wildman–Crippen MR) is 132 cm³/mol. The Morgan fingerprint density at radius 1 is 1.11 bits per heavy atom. The normalized spacial score (nSPS) is 19.2. The lowest BCUT2D eigenvalue weighted by atomic mass is 9.96. The number of carbonyl (C=O) groups excluding carboxylic acids is 1. The van der Waals surface area contributed by atoms with Gasteiger partial charge in [0.25, 0.3) is 10.0 Å². The van der Waals surface area contributed by atoms with Gasteiger partial charge in [0.05, 0.1) is 5.92 Å². The van der Waals surface area contributed by atoms with Gasteiger partial charge in [-0.25, -0.2) is 0 Å². The van der Waals surface area contributed by atoms with Gasteiger partial charge in [-0.2, -0.15) is 13.4 Å². The van der Waals surface area contributed by atoms with Gasteiger partial charge in [-0.3, -0.25) is 4.79 Å². The molecule has 2 aromatic carbocycles. The smallest absolute Gasteiger partial charge is 0.285 e. The van der Waals surface area contributed by atoms with Crippen LogP contribution in [-0.2, 0) is 20.2 Å². The van der Waals surface area contributed by atoms with E-state index in [0.29, 0.717) is 41.9 Å². The molecule has 1 unspecified atom stereocenters. The number of nitrogens with zero attached hydrogens (tertiary/aromatic N) is 4. The number of piperidine rings is 1. The molecular formula is C25H27N5O4S. The van der Waals surface area contributed by atoms with Gasteiger partial charge in [-0.15, -0.1) is 4.40 Å². The van der Waals surface area contributed by atoms with E-state index in [9.17, 15) is 13.2 Å². The Bertz CT molecular complexity index is 1400. The number of nitrogens with one attached hydrogen (secondary N) is 1. The Morgan fingerprint density at radius 3 is 2.57 bits per heavy atom. The second kappa shape index (κ2) is 8.60. The second-order valence-electron chi connectivity index (χ2n) is 9.91. The number of sulfonamides is 1. The van der Waals surface area contributed by atoms with Gasteiger partial charge in [-0.05, 0) is 49.2 Å². The lowest BCUT2D eigenvalue weighted by molar-refractivity contribution is -0.121. The molecule has 0 bridgehead atoms. The number of rotatable bonds is 3. The van der Waals surface area contributed by atoms with E-state index < -0.39 is 10.0 Å². The number of hydrogen-bond acceptors (Lipinski definition) is 7. The van der Waals surface area contributed by atoms with Crippen molar-refractivity contribution in [3.05, 3.63) is 60.0 Å². The van der Waals surface area contributed by atoms with Gasteiger partial charge in [0.1, 0.15) is 4.90 Å². The van der Waals surface area contributed by atoms with Crippen molar-refractivity contribution in [3.63, 3.8) is 0 Å². The number of anilines is 1. The van der Waals surface area contributed by atoms with Crippen molar-refractivity contribution in [1.29, 1.82) is 0 Å². The predicted octanol–water partition coefficient (Wildman–Crippen LogP) is 3.83. The highest BCUT2D eigenvalue weighted by Gasteiger charge is 2.35. The number of carbonyl (C=O) groups is 1. The standard InChI is InChI=1S/C25H27N5O4S/c1-25(2,3)24-27-21(28-34-24)16-10-12-18(13-11-16)26-23(31)17-7-6-14-30(15-17)22-19-8-4-5-9-20(19)35(32,33)29-22/h4-5,8-13,17H,6-7,14-15H2,1-3H3,(H,26,31). The first-order valence-electron chi connectivity index (χ1n) is 11.6. The molecule has 3 heterocycles. The van der Waals surface area contributed by atoms with Gasteiger partial charge in [0.2, 0.25) is 17.6 Å². The number of hydrogen-bond donors (Lipinski definition) is 1. The average molecular weight is 494 g/mol. The summed E-state index contributed by atoms with van der Waals surface area (Å²) in [5.41, 5.74) is 1.83. The van der Waals surface area contributed by atoms with E-state index in [0.717, 1.165) is 18.4 Å². The minimum atomic E-state index is -3.70. The summed E-state index contributed by atoms with van der Waals surface area (Å²) in [6.45, 7) is 7.08. The summed E-state index contributed by atoms with van der Waals surface area (Å²) in [4.78, 5) is 19.6. The molecular weight excluding hydrogens is 466 g/mol. The molecule has 1 atom stereocenters. The van der Waals surface area contributed by atoms with E-state index in [1.54, 1.807) is 24.3 Å². The Balaban J connectivity index is 1.26. The van der Waals surface area contributed by atoms with Gasteiger partial charge in [-0.1, -0.05) is 38.1 Å². The quantitative estimate of drug-likeness (QED) is 0.589. The molecule has 2 aliphatic heterocycles. The molecule has 35 heavy (non-hydrogen) atoms. The highest BCUT2D eigenvalue weighted by atomic mass is 32.2. The van der Waals surface area contributed by atoms with E-state index >= 15 is 0 Å². The van der Waals surface area contributed by atoms with Crippen molar-refractivity contribution < 1.29 is 17.7 Å². The van der Waals surface area contributed by atoms with E-state index in [2.05, 4.69) is 19.9 Å². The summed E-state index contributed by atoms with van der Waals surface area (Å²) in [5.74, 6) is 1.11.